The first-order valence-electron chi connectivity index (χ1n) is 17.7. The molecule has 0 spiro atoms. The van der Waals surface area contributed by atoms with E-state index in [0.29, 0.717) is 55.2 Å². The molecule has 0 bridgehead atoms. The third kappa shape index (κ3) is 6.60. The number of fused-ring (bicyclic) bond motifs is 4. The number of thioether (sulfide) groups is 1. The average molecular weight is 737 g/mol. The van der Waals surface area contributed by atoms with Gasteiger partial charge in [0.2, 0.25) is 5.12 Å². The SMILES string of the molecule is COCC(=O)O[C@@]1(C(=O)SCF)C(C)C[C@H](O)[C@@]2(F)[C@@H](CCC3=Cc4c(cnn4-c4cccc(C(=O)NCc5cccnc5)c4)C[C@@]32C)CC[C@H]1C. The van der Waals surface area contributed by atoms with Crippen molar-refractivity contribution in [3.8, 4) is 5.69 Å². The van der Waals surface area contributed by atoms with Crippen molar-refractivity contribution in [2.24, 2.45) is 23.2 Å². The number of amides is 1. The molecule has 1 unspecified atom stereocenters. The number of carbonyl (C=O) groups excluding carboxylic acids is 3. The Hall–Kier alpha value is -3.94. The first-order chi connectivity index (χ1) is 24.9. The number of esters is 1. The first-order valence-corrected chi connectivity index (χ1v) is 18.7. The summed E-state index contributed by atoms with van der Waals surface area (Å²) in [5.41, 5.74) is -0.502. The maximum atomic E-state index is 18.4. The number of allylic oxidation sites excluding steroid dienone is 1. The number of methoxy groups -OCH3 is 1. The van der Waals surface area contributed by atoms with E-state index in [4.69, 9.17) is 9.47 Å². The van der Waals surface area contributed by atoms with Crippen LogP contribution in [0.5, 0.6) is 0 Å². The molecule has 3 aliphatic carbocycles. The van der Waals surface area contributed by atoms with Gasteiger partial charge in [0.1, 0.15) is 18.3 Å². The third-order valence-electron chi connectivity index (χ3n) is 11.7. The molecule has 2 fully saturated rings. The molecule has 2 aromatic heterocycles. The quantitative estimate of drug-likeness (QED) is 0.247. The Balaban J connectivity index is 1.30. The van der Waals surface area contributed by atoms with Gasteiger partial charge >= 0.3 is 5.97 Å². The van der Waals surface area contributed by atoms with Crippen molar-refractivity contribution >= 4 is 34.8 Å². The summed E-state index contributed by atoms with van der Waals surface area (Å²) in [6.07, 6.45) is 7.37. The molecule has 1 aromatic carbocycles. The van der Waals surface area contributed by atoms with E-state index in [0.717, 1.165) is 22.4 Å². The summed E-state index contributed by atoms with van der Waals surface area (Å²) >= 11 is 0.425. The molecule has 6 rings (SSSR count). The zero-order valence-corrected chi connectivity index (χ0v) is 30.8. The topological polar surface area (TPSA) is 133 Å². The number of benzene rings is 1. The molecule has 3 aromatic rings. The van der Waals surface area contributed by atoms with Crippen LogP contribution in [0.3, 0.4) is 0 Å². The van der Waals surface area contributed by atoms with E-state index < -0.39 is 64.2 Å². The van der Waals surface area contributed by atoms with Crippen LogP contribution in [0, 0.1) is 23.2 Å². The number of aliphatic hydroxyl groups is 1. The Labute approximate surface area is 306 Å². The summed E-state index contributed by atoms with van der Waals surface area (Å²) in [4.78, 5) is 43.6. The van der Waals surface area contributed by atoms with Gasteiger partial charge in [-0.05, 0) is 97.7 Å². The molecule has 0 aliphatic heterocycles. The number of nitrogens with zero attached hydrogens (tertiary/aromatic N) is 3. The highest BCUT2D eigenvalue weighted by molar-refractivity contribution is 8.13. The van der Waals surface area contributed by atoms with Crippen molar-refractivity contribution in [2.75, 3.05) is 19.7 Å². The largest absolute Gasteiger partial charge is 0.448 e. The lowest BCUT2D eigenvalue weighted by molar-refractivity contribution is -0.184. The van der Waals surface area contributed by atoms with Crippen LogP contribution >= 0.6 is 11.8 Å². The van der Waals surface area contributed by atoms with Gasteiger partial charge in [0.15, 0.2) is 5.60 Å². The molecule has 2 saturated carbocycles. The number of hydrogen-bond acceptors (Lipinski definition) is 9. The average Bonchev–Trinajstić information content (AvgIpc) is 3.54. The lowest BCUT2D eigenvalue weighted by atomic mass is 9.52. The highest BCUT2D eigenvalue weighted by atomic mass is 32.2. The van der Waals surface area contributed by atoms with Crippen LogP contribution < -0.4 is 5.32 Å². The molecule has 0 radical (unpaired) electrons. The number of pyridine rings is 1. The molecule has 2 heterocycles. The fourth-order valence-corrected chi connectivity index (χ4v) is 9.73. The summed E-state index contributed by atoms with van der Waals surface area (Å²) in [7, 11) is 1.33. The lowest BCUT2D eigenvalue weighted by Gasteiger charge is -2.56. The van der Waals surface area contributed by atoms with Gasteiger partial charge < -0.3 is 19.9 Å². The Bertz CT molecular complexity index is 1840. The van der Waals surface area contributed by atoms with Crippen molar-refractivity contribution in [2.45, 2.75) is 83.2 Å². The van der Waals surface area contributed by atoms with Crippen molar-refractivity contribution in [1.29, 1.82) is 0 Å². The lowest BCUT2D eigenvalue weighted by Crippen LogP contribution is -2.61. The summed E-state index contributed by atoms with van der Waals surface area (Å²) in [5, 5.41) is 19.0. The number of aromatic nitrogens is 3. The Morgan fingerprint density at radius 3 is 2.65 bits per heavy atom. The van der Waals surface area contributed by atoms with E-state index in [1.807, 2.05) is 31.2 Å². The Morgan fingerprint density at radius 2 is 1.92 bits per heavy atom. The summed E-state index contributed by atoms with van der Waals surface area (Å²) in [6, 6.07) is 9.85. The van der Waals surface area contributed by atoms with Crippen LogP contribution in [0.25, 0.3) is 11.8 Å². The minimum absolute atomic E-state index is 0.180. The zero-order chi connectivity index (χ0) is 37.3. The summed E-state index contributed by atoms with van der Waals surface area (Å²) < 4.78 is 44.5. The second-order valence-corrected chi connectivity index (χ2v) is 15.5. The fraction of sp³-hybridized carbons (Fsp3) is 0.513. The molecular formula is C39H46F2N4O6S. The fourth-order valence-electron chi connectivity index (χ4n) is 8.96. The van der Waals surface area contributed by atoms with E-state index in [1.54, 1.807) is 55.3 Å². The third-order valence-corrected chi connectivity index (χ3v) is 12.4. The molecule has 3 aliphatic rings. The number of alkyl halides is 2. The number of carbonyl (C=O) groups is 3. The Kier molecular flexibility index (Phi) is 11.0. The summed E-state index contributed by atoms with van der Waals surface area (Å²) in [6.45, 7) is 5.24. The van der Waals surface area contributed by atoms with Gasteiger partial charge in [-0.2, -0.15) is 5.10 Å². The van der Waals surface area contributed by atoms with Gasteiger partial charge in [-0.1, -0.05) is 38.5 Å². The number of hydrogen-bond donors (Lipinski definition) is 2. The van der Waals surface area contributed by atoms with Crippen molar-refractivity contribution in [3.05, 3.63) is 82.9 Å². The molecule has 52 heavy (non-hydrogen) atoms. The van der Waals surface area contributed by atoms with Crippen LogP contribution in [-0.2, 0) is 32.0 Å². The molecule has 2 N–H and O–H groups in total. The van der Waals surface area contributed by atoms with Crippen LogP contribution in [-0.4, -0.2) is 74.0 Å². The van der Waals surface area contributed by atoms with Gasteiger partial charge in [0.25, 0.3) is 5.91 Å². The van der Waals surface area contributed by atoms with E-state index >= 15 is 4.39 Å². The standard InChI is InChI=1S/C39H46F2N4O6S/c1-24-10-11-29-12-13-30-17-32-28(21-44-45(32)31-9-5-8-27(16-31)35(48)43-20-26-7-6-14-42-19-26)18-37(30,3)39(29,41)33(46)15-25(2)38(24,36(49)52-23-40)51-34(47)22-50-4/h5-9,14,16-17,19,21,24-25,29,33,46H,10-13,15,18,20,22-23H2,1-4H3,(H,43,48)/t24-,25?,29-,33+,37+,38-,39+/m1/s1. The molecule has 13 heteroatoms. The monoisotopic (exact) mass is 736 g/mol. The number of aliphatic hydroxyl groups excluding tert-OH is 1. The minimum Gasteiger partial charge on any atom is -0.448 e. The van der Waals surface area contributed by atoms with Crippen molar-refractivity contribution < 1.29 is 37.7 Å². The number of nitrogens with one attached hydrogen (secondary N) is 1. The van der Waals surface area contributed by atoms with E-state index in [1.165, 1.54) is 7.11 Å². The minimum atomic E-state index is -2.10. The van der Waals surface area contributed by atoms with Gasteiger partial charge in [0, 0.05) is 48.9 Å². The first kappa shape index (κ1) is 37.8. The van der Waals surface area contributed by atoms with Crippen LogP contribution in [0.2, 0.25) is 0 Å². The highest BCUT2D eigenvalue weighted by Gasteiger charge is 2.65. The maximum Gasteiger partial charge on any atom is 0.333 e. The van der Waals surface area contributed by atoms with E-state index in [9.17, 15) is 23.9 Å². The molecule has 0 saturated heterocycles. The van der Waals surface area contributed by atoms with Gasteiger partial charge in [0.05, 0.1) is 23.7 Å². The number of ether oxygens (including phenoxy) is 2. The second-order valence-electron chi connectivity index (χ2n) is 14.6. The molecule has 278 valence electrons. The smallest absolute Gasteiger partial charge is 0.333 e. The highest BCUT2D eigenvalue weighted by Crippen LogP contribution is 2.61. The maximum absolute atomic E-state index is 18.4. The normalized spacial score (nSPS) is 29.9. The van der Waals surface area contributed by atoms with Gasteiger partial charge in [-0.25, -0.2) is 18.3 Å². The second kappa shape index (κ2) is 15.2. The zero-order valence-electron chi connectivity index (χ0n) is 29.9. The van der Waals surface area contributed by atoms with Crippen LogP contribution in [0.4, 0.5) is 8.78 Å². The van der Waals surface area contributed by atoms with E-state index in [2.05, 4.69) is 15.4 Å². The van der Waals surface area contributed by atoms with Crippen molar-refractivity contribution in [3.63, 3.8) is 0 Å². The molecule has 1 amide bonds. The molecule has 7 atom stereocenters. The summed E-state index contributed by atoms with van der Waals surface area (Å²) in [5.74, 6) is -2.97. The predicted molar refractivity (Wildman–Crippen MR) is 193 cm³/mol. The number of rotatable bonds is 9. The predicted octanol–water partition coefficient (Wildman–Crippen LogP) is 6.19. The van der Waals surface area contributed by atoms with Crippen LogP contribution in [0.15, 0.2) is 60.6 Å². The Morgan fingerprint density at radius 1 is 1.12 bits per heavy atom. The molecule has 10 nitrogen and oxygen atoms in total. The van der Waals surface area contributed by atoms with Gasteiger partial charge in [-0.3, -0.25) is 14.6 Å². The van der Waals surface area contributed by atoms with Crippen molar-refractivity contribution in [1.82, 2.24) is 20.1 Å². The van der Waals surface area contributed by atoms with Gasteiger partial charge in [-0.15, -0.1) is 0 Å². The number of halogens is 2. The molecular weight excluding hydrogens is 691 g/mol. The van der Waals surface area contributed by atoms with Crippen LogP contribution in [0.1, 0.15) is 80.1 Å². The van der Waals surface area contributed by atoms with E-state index in [-0.39, 0.29) is 18.7 Å².